The van der Waals surface area contributed by atoms with E-state index in [0.717, 1.165) is 15.8 Å². The number of benzene rings is 2. The molecule has 0 unspecified atom stereocenters. The molecule has 21 heavy (non-hydrogen) atoms. The van der Waals surface area contributed by atoms with Crippen molar-refractivity contribution in [2.45, 2.75) is 0 Å². The molecule has 3 nitrogen and oxygen atoms in total. The minimum absolute atomic E-state index is 0.228. The van der Waals surface area contributed by atoms with Crippen LogP contribution in [0.15, 0.2) is 53.0 Å². The van der Waals surface area contributed by atoms with Crippen molar-refractivity contribution in [3.05, 3.63) is 63.6 Å². The van der Waals surface area contributed by atoms with E-state index in [1.54, 1.807) is 31.4 Å². The fraction of sp³-hybridized carbons (Fsp3) is 0.0625. The van der Waals surface area contributed by atoms with Crippen molar-refractivity contribution in [1.82, 2.24) is 0 Å². The number of rotatable bonds is 4. The largest absolute Gasteiger partial charge is 0.497 e. The number of nitrogens with one attached hydrogen (secondary N) is 1. The van der Waals surface area contributed by atoms with Crippen LogP contribution in [-0.2, 0) is 4.79 Å². The zero-order chi connectivity index (χ0) is 15.2. The lowest BCUT2D eigenvalue weighted by Gasteiger charge is -2.05. The zero-order valence-corrected chi connectivity index (χ0v) is 13.6. The molecule has 0 saturated heterocycles. The molecule has 0 aliphatic carbocycles. The molecule has 0 bridgehead atoms. The molecule has 0 aromatic heterocycles. The monoisotopic (exact) mass is 365 g/mol. The van der Waals surface area contributed by atoms with E-state index in [1.165, 1.54) is 6.08 Å². The number of hydrogen-bond donors (Lipinski definition) is 1. The van der Waals surface area contributed by atoms with Crippen LogP contribution < -0.4 is 10.1 Å². The first-order valence-corrected chi connectivity index (χ1v) is 7.34. The molecule has 0 spiro atoms. The highest BCUT2D eigenvalue weighted by Gasteiger charge is 2.03. The van der Waals surface area contributed by atoms with Gasteiger partial charge in [-0.3, -0.25) is 4.79 Å². The molecule has 0 atom stereocenters. The van der Waals surface area contributed by atoms with Gasteiger partial charge in [0, 0.05) is 15.6 Å². The molecular weight excluding hydrogens is 354 g/mol. The molecule has 2 aromatic carbocycles. The van der Waals surface area contributed by atoms with E-state index < -0.39 is 0 Å². The molecule has 0 radical (unpaired) electrons. The highest BCUT2D eigenvalue weighted by Crippen LogP contribution is 2.25. The lowest BCUT2D eigenvalue weighted by molar-refractivity contribution is -0.111. The molecule has 108 valence electrons. The van der Waals surface area contributed by atoms with Gasteiger partial charge in [0.05, 0.1) is 12.8 Å². The first kappa shape index (κ1) is 15.6. The fourth-order valence-corrected chi connectivity index (χ4v) is 2.17. The Hall–Kier alpha value is -1.78. The number of ether oxygens (including phenoxy) is 1. The standard InChI is InChI=1S/C16H13BrClNO2/c1-21-13-6-2-11(3-7-13)4-9-16(20)19-15-10-12(18)5-8-14(15)17/h2-10H,1H3,(H,19,20)/b9-4+. The highest BCUT2D eigenvalue weighted by atomic mass is 79.9. The second kappa shape index (κ2) is 7.29. The molecule has 0 aliphatic heterocycles. The van der Waals surface area contributed by atoms with Gasteiger partial charge in [0.2, 0.25) is 5.91 Å². The number of carbonyl (C=O) groups excluding carboxylic acids is 1. The first-order valence-electron chi connectivity index (χ1n) is 6.16. The predicted molar refractivity (Wildman–Crippen MR) is 89.8 cm³/mol. The average molecular weight is 367 g/mol. The van der Waals surface area contributed by atoms with Crippen molar-refractivity contribution >= 4 is 45.2 Å². The van der Waals surface area contributed by atoms with Gasteiger partial charge < -0.3 is 10.1 Å². The number of amides is 1. The van der Waals surface area contributed by atoms with Crippen LogP contribution in [0.5, 0.6) is 5.75 Å². The quantitative estimate of drug-likeness (QED) is 0.792. The second-order valence-electron chi connectivity index (χ2n) is 4.22. The normalized spacial score (nSPS) is 10.6. The molecule has 0 aliphatic rings. The average Bonchev–Trinajstić information content (AvgIpc) is 2.49. The maximum Gasteiger partial charge on any atom is 0.248 e. The molecule has 2 rings (SSSR count). The first-order chi connectivity index (χ1) is 10.1. The van der Waals surface area contributed by atoms with Gasteiger partial charge in [0.15, 0.2) is 0 Å². The summed E-state index contributed by atoms with van der Waals surface area (Å²) in [7, 11) is 1.61. The molecule has 1 N–H and O–H groups in total. The lowest BCUT2D eigenvalue weighted by atomic mass is 10.2. The lowest BCUT2D eigenvalue weighted by Crippen LogP contribution is -2.08. The van der Waals surface area contributed by atoms with E-state index in [4.69, 9.17) is 16.3 Å². The van der Waals surface area contributed by atoms with Crippen molar-refractivity contribution in [3.8, 4) is 5.75 Å². The minimum atomic E-state index is -0.228. The van der Waals surface area contributed by atoms with E-state index in [2.05, 4.69) is 21.2 Å². The van der Waals surface area contributed by atoms with Gasteiger partial charge in [0.1, 0.15) is 5.75 Å². The summed E-state index contributed by atoms with van der Waals surface area (Å²) in [6, 6.07) is 12.6. The third-order valence-corrected chi connectivity index (χ3v) is 3.66. The number of hydrogen-bond acceptors (Lipinski definition) is 2. The van der Waals surface area contributed by atoms with E-state index >= 15 is 0 Å². The van der Waals surface area contributed by atoms with E-state index in [-0.39, 0.29) is 5.91 Å². The SMILES string of the molecule is COc1ccc(/C=C/C(=O)Nc2cc(Cl)ccc2Br)cc1. The topological polar surface area (TPSA) is 38.3 Å². The van der Waals surface area contributed by atoms with Gasteiger partial charge in [-0.25, -0.2) is 0 Å². The van der Waals surface area contributed by atoms with Crippen LogP contribution in [0.3, 0.4) is 0 Å². The van der Waals surface area contributed by atoms with Crippen LogP contribution in [0.2, 0.25) is 5.02 Å². The van der Waals surface area contributed by atoms with Crippen molar-refractivity contribution in [2.24, 2.45) is 0 Å². The number of halogens is 2. The van der Waals surface area contributed by atoms with Gasteiger partial charge in [-0.15, -0.1) is 0 Å². The summed E-state index contributed by atoms with van der Waals surface area (Å²) >= 11 is 9.26. The van der Waals surface area contributed by atoms with Crippen molar-refractivity contribution in [1.29, 1.82) is 0 Å². The molecule has 5 heteroatoms. The maximum atomic E-state index is 11.9. The van der Waals surface area contributed by atoms with E-state index in [0.29, 0.717) is 10.7 Å². The third kappa shape index (κ3) is 4.62. The van der Waals surface area contributed by atoms with Gasteiger partial charge >= 0.3 is 0 Å². The van der Waals surface area contributed by atoms with Gasteiger partial charge in [-0.2, -0.15) is 0 Å². The predicted octanol–water partition coefficient (Wildman–Crippen LogP) is 4.76. The smallest absolute Gasteiger partial charge is 0.248 e. The number of anilines is 1. The summed E-state index contributed by atoms with van der Waals surface area (Å²) in [4.78, 5) is 11.9. The Kier molecular flexibility index (Phi) is 5.42. The van der Waals surface area contributed by atoms with E-state index in [9.17, 15) is 4.79 Å². The molecule has 0 fully saturated rings. The third-order valence-electron chi connectivity index (χ3n) is 2.73. The highest BCUT2D eigenvalue weighted by molar-refractivity contribution is 9.10. The summed E-state index contributed by atoms with van der Waals surface area (Å²) in [6.07, 6.45) is 3.20. The molecular formula is C16H13BrClNO2. The van der Waals surface area contributed by atoms with Crippen molar-refractivity contribution < 1.29 is 9.53 Å². The van der Waals surface area contributed by atoms with Crippen LogP contribution >= 0.6 is 27.5 Å². The van der Waals surface area contributed by atoms with Gasteiger partial charge in [-0.1, -0.05) is 23.7 Å². The summed E-state index contributed by atoms with van der Waals surface area (Å²) < 4.78 is 5.85. The Labute approximate surface area is 136 Å². The Morgan fingerprint density at radius 1 is 1.24 bits per heavy atom. The number of carbonyl (C=O) groups is 1. The minimum Gasteiger partial charge on any atom is -0.497 e. The zero-order valence-electron chi connectivity index (χ0n) is 11.3. The Balaban J connectivity index is 2.03. The maximum absolute atomic E-state index is 11.9. The summed E-state index contributed by atoms with van der Waals surface area (Å²) in [5, 5.41) is 3.32. The Bertz CT molecular complexity index is 668. The van der Waals surface area contributed by atoms with E-state index in [1.807, 2.05) is 24.3 Å². The van der Waals surface area contributed by atoms with Crippen LogP contribution in [0, 0.1) is 0 Å². The van der Waals surface area contributed by atoms with Gasteiger partial charge in [0.25, 0.3) is 0 Å². The van der Waals surface area contributed by atoms with Crippen LogP contribution in [-0.4, -0.2) is 13.0 Å². The fourth-order valence-electron chi connectivity index (χ4n) is 1.65. The molecule has 1 amide bonds. The summed E-state index contributed by atoms with van der Waals surface area (Å²) in [5.74, 6) is 0.549. The summed E-state index contributed by atoms with van der Waals surface area (Å²) in [5.41, 5.74) is 1.54. The molecule has 0 saturated carbocycles. The van der Waals surface area contributed by atoms with Crippen LogP contribution in [0.1, 0.15) is 5.56 Å². The molecule has 0 heterocycles. The van der Waals surface area contributed by atoms with Crippen molar-refractivity contribution in [3.63, 3.8) is 0 Å². The Morgan fingerprint density at radius 3 is 2.62 bits per heavy atom. The molecule has 2 aromatic rings. The number of methoxy groups -OCH3 is 1. The summed E-state index contributed by atoms with van der Waals surface area (Å²) in [6.45, 7) is 0. The second-order valence-corrected chi connectivity index (χ2v) is 5.51. The van der Waals surface area contributed by atoms with Crippen LogP contribution in [0.4, 0.5) is 5.69 Å². The Morgan fingerprint density at radius 2 is 1.95 bits per heavy atom. The van der Waals surface area contributed by atoms with Crippen LogP contribution in [0.25, 0.3) is 6.08 Å². The van der Waals surface area contributed by atoms with Crippen molar-refractivity contribution in [2.75, 3.05) is 12.4 Å². The van der Waals surface area contributed by atoms with Gasteiger partial charge in [-0.05, 0) is 57.9 Å².